The van der Waals surface area contributed by atoms with Gasteiger partial charge in [-0.15, -0.1) is 0 Å². The number of non-ortho nitro benzene ring substituents is 1. The normalized spacial score (nSPS) is 10.8. The number of thioether (sulfide) groups is 1. The van der Waals surface area contributed by atoms with Crippen molar-refractivity contribution in [1.29, 1.82) is 0 Å². The van der Waals surface area contributed by atoms with Crippen molar-refractivity contribution in [2.75, 3.05) is 18.2 Å². The van der Waals surface area contributed by atoms with Crippen molar-refractivity contribution in [2.24, 2.45) is 0 Å². The monoisotopic (exact) mass is 467 g/mol. The van der Waals surface area contributed by atoms with E-state index in [1.165, 1.54) is 47.8 Å². The van der Waals surface area contributed by atoms with Gasteiger partial charge in [-0.25, -0.2) is 9.97 Å². The maximum absolute atomic E-state index is 12.4. The number of amides is 1. The van der Waals surface area contributed by atoms with E-state index in [-0.39, 0.29) is 17.3 Å². The molecule has 0 saturated heterocycles. The number of carbonyl (C=O) groups is 1. The second kappa shape index (κ2) is 9.28. The fourth-order valence-corrected chi connectivity index (χ4v) is 4.73. The topological polar surface area (TPSA) is 120 Å². The van der Waals surface area contributed by atoms with E-state index in [4.69, 9.17) is 4.74 Å². The van der Waals surface area contributed by atoms with Crippen LogP contribution in [0.5, 0.6) is 5.75 Å². The van der Waals surface area contributed by atoms with E-state index in [2.05, 4.69) is 19.7 Å². The van der Waals surface area contributed by atoms with Gasteiger partial charge < -0.3 is 10.1 Å². The summed E-state index contributed by atoms with van der Waals surface area (Å²) in [5.41, 5.74) is 3.53. The van der Waals surface area contributed by atoms with Crippen LogP contribution in [0, 0.1) is 17.0 Å². The van der Waals surface area contributed by atoms with Crippen LogP contribution in [0.2, 0.25) is 0 Å². The minimum absolute atomic E-state index is 0.0175. The Labute approximate surface area is 191 Å². The van der Waals surface area contributed by atoms with Gasteiger partial charge in [-0.2, -0.15) is 4.37 Å². The number of hydrogen-bond acceptors (Lipinski definition) is 9. The van der Waals surface area contributed by atoms with Gasteiger partial charge in [0.2, 0.25) is 5.91 Å². The minimum atomic E-state index is -0.468. The Kier molecular flexibility index (Phi) is 6.28. The van der Waals surface area contributed by atoms with Crippen LogP contribution in [-0.4, -0.2) is 38.0 Å². The molecule has 0 radical (unpaired) electrons. The van der Waals surface area contributed by atoms with Gasteiger partial charge >= 0.3 is 0 Å². The summed E-state index contributed by atoms with van der Waals surface area (Å²) < 4.78 is 10.5. The molecule has 0 fully saturated rings. The number of aryl methyl sites for hydroxylation is 1. The Balaban J connectivity index is 1.48. The second-order valence-electron chi connectivity index (χ2n) is 6.71. The van der Waals surface area contributed by atoms with Gasteiger partial charge in [0.05, 0.1) is 17.8 Å². The summed E-state index contributed by atoms with van der Waals surface area (Å²) in [6.07, 6.45) is 1.46. The predicted octanol–water partition coefficient (Wildman–Crippen LogP) is 4.71. The standard InChI is InChI=1S/C21H17N5O4S2/c1-12-9-14(26(28)29)5-8-16(12)24-17(27)10-31-21-20-19(22-11-23-21)18(25-32-20)13-3-6-15(30-2)7-4-13/h3-9,11H,10H2,1-2H3,(H,24,27). The third-order valence-electron chi connectivity index (χ3n) is 4.62. The van der Waals surface area contributed by atoms with Crippen LogP contribution >= 0.6 is 23.3 Å². The Morgan fingerprint density at radius 1 is 1.22 bits per heavy atom. The molecule has 1 amide bonds. The molecular weight excluding hydrogens is 450 g/mol. The number of anilines is 1. The first kappa shape index (κ1) is 21.7. The Morgan fingerprint density at radius 3 is 2.69 bits per heavy atom. The van der Waals surface area contributed by atoms with Crippen molar-refractivity contribution in [2.45, 2.75) is 11.9 Å². The molecule has 2 aromatic carbocycles. The maximum atomic E-state index is 12.4. The predicted molar refractivity (Wildman–Crippen MR) is 124 cm³/mol. The van der Waals surface area contributed by atoms with Crippen LogP contribution < -0.4 is 10.1 Å². The lowest BCUT2D eigenvalue weighted by atomic mass is 10.1. The van der Waals surface area contributed by atoms with E-state index >= 15 is 0 Å². The third kappa shape index (κ3) is 4.53. The molecule has 11 heteroatoms. The molecule has 32 heavy (non-hydrogen) atoms. The van der Waals surface area contributed by atoms with Gasteiger partial charge in [-0.1, -0.05) is 11.8 Å². The van der Waals surface area contributed by atoms with Gasteiger partial charge in [-0.05, 0) is 54.4 Å². The van der Waals surface area contributed by atoms with E-state index in [1.807, 2.05) is 24.3 Å². The zero-order valence-corrected chi connectivity index (χ0v) is 18.7. The molecule has 0 aliphatic heterocycles. The highest BCUT2D eigenvalue weighted by Crippen LogP contribution is 2.35. The number of aromatic nitrogens is 3. The van der Waals surface area contributed by atoms with Gasteiger partial charge in [0.25, 0.3) is 5.69 Å². The Hall–Kier alpha value is -3.57. The van der Waals surface area contributed by atoms with Gasteiger partial charge in [0.1, 0.15) is 33.0 Å². The maximum Gasteiger partial charge on any atom is 0.269 e. The molecule has 1 N–H and O–H groups in total. The summed E-state index contributed by atoms with van der Waals surface area (Å²) in [6, 6.07) is 11.9. The smallest absolute Gasteiger partial charge is 0.269 e. The summed E-state index contributed by atoms with van der Waals surface area (Å²) in [5, 5.41) is 14.3. The summed E-state index contributed by atoms with van der Waals surface area (Å²) in [6.45, 7) is 1.71. The molecule has 4 rings (SSSR count). The van der Waals surface area contributed by atoms with Crippen molar-refractivity contribution in [1.82, 2.24) is 14.3 Å². The lowest BCUT2D eigenvalue weighted by Crippen LogP contribution is -2.15. The number of benzene rings is 2. The first-order valence-electron chi connectivity index (χ1n) is 9.38. The van der Waals surface area contributed by atoms with Crippen molar-refractivity contribution >= 4 is 50.8 Å². The molecule has 0 saturated carbocycles. The average Bonchev–Trinajstić information content (AvgIpc) is 3.23. The number of rotatable bonds is 7. The number of nitro groups is 1. The summed E-state index contributed by atoms with van der Waals surface area (Å²) in [5.74, 6) is 0.644. The quantitative estimate of drug-likeness (QED) is 0.180. The number of nitro benzene ring substituents is 1. The summed E-state index contributed by atoms with van der Waals surface area (Å²) >= 11 is 2.57. The molecule has 162 valence electrons. The molecule has 0 aliphatic carbocycles. The molecule has 0 unspecified atom stereocenters. The molecule has 4 aromatic rings. The van der Waals surface area contributed by atoms with Crippen molar-refractivity contribution in [3.05, 3.63) is 64.5 Å². The first-order chi connectivity index (χ1) is 15.5. The number of carbonyl (C=O) groups excluding carboxylic acids is 1. The van der Waals surface area contributed by atoms with E-state index in [0.717, 1.165) is 27.2 Å². The zero-order chi connectivity index (χ0) is 22.7. The average molecular weight is 468 g/mol. The van der Waals surface area contributed by atoms with E-state index in [0.29, 0.717) is 16.3 Å². The number of nitrogens with zero attached hydrogens (tertiary/aromatic N) is 4. The fourth-order valence-electron chi connectivity index (χ4n) is 3.01. The van der Waals surface area contributed by atoms with Gasteiger partial charge in [0, 0.05) is 23.4 Å². The van der Waals surface area contributed by atoms with Crippen LogP contribution in [0.1, 0.15) is 5.56 Å². The lowest BCUT2D eigenvalue weighted by molar-refractivity contribution is -0.384. The number of nitrogens with one attached hydrogen (secondary N) is 1. The Bertz CT molecular complexity index is 1310. The van der Waals surface area contributed by atoms with E-state index in [9.17, 15) is 14.9 Å². The fraction of sp³-hybridized carbons (Fsp3) is 0.143. The molecular formula is C21H17N5O4S2. The van der Waals surface area contributed by atoms with Crippen LogP contribution in [0.3, 0.4) is 0 Å². The zero-order valence-electron chi connectivity index (χ0n) is 17.1. The summed E-state index contributed by atoms with van der Waals surface area (Å²) in [4.78, 5) is 31.5. The van der Waals surface area contributed by atoms with E-state index in [1.54, 1.807) is 14.0 Å². The van der Waals surface area contributed by atoms with Crippen molar-refractivity contribution in [3.8, 4) is 17.0 Å². The van der Waals surface area contributed by atoms with Crippen LogP contribution in [0.15, 0.2) is 53.8 Å². The highest BCUT2D eigenvalue weighted by molar-refractivity contribution is 8.00. The number of fused-ring (bicyclic) bond motifs is 1. The molecule has 0 aliphatic rings. The van der Waals surface area contributed by atoms with Crippen molar-refractivity contribution in [3.63, 3.8) is 0 Å². The highest BCUT2D eigenvalue weighted by atomic mass is 32.2. The molecule has 9 nitrogen and oxygen atoms in total. The van der Waals surface area contributed by atoms with Crippen LogP contribution in [0.25, 0.3) is 21.5 Å². The second-order valence-corrected chi connectivity index (χ2v) is 8.45. The van der Waals surface area contributed by atoms with Crippen LogP contribution in [-0.2, 0) is 4.79 Å². The molecule has 0 spiro atoms. The lowest BCUT2D eigenvalue weighted by Gasteiger charge is -2.08. The molecule has 0 atom stereocenters. The van der Waals surface area contributed by atoms with Crippen LogP contribution in [0.4, 0.5) is 11.4 Å². The summed E-state index contributed by atoms with van der Waals surface area (Å²) in [7, 11) is 1.61. The molecule has 2 aromatic heterocycles. The highest BCUT2D eigenvalue weighted by Gasteiger charge is 2.16. The number of ether oxygens (including phenoxy) is 1. The largest absolute Gasteiger partial charge is 0.497 e. The SMILES string of the molecule is COc1ccc(-c2nsc3c(SCC(=O)Nc4ccc([N+](=O)[O-])cc4C)ncnc23)cc1. The number of methoxy groups -OCH3 is 1. The Morgan fingerprint density at radius 2 is 2.00 bits per heavy atom. The minimum Gasteiger partial charge on any atom is -0.497 e. The van der Waals surface area contributed by atoms with Crippen molar-refractivity contribution < 1.29 is 14.5 Å². The van der Waals surface area contributed by atoms with E-state index < -0.39 is 4.92 Å². The third-order valence-corrected chi connectivity index (χ3v) is 6.58. The molecule has 0 bridgehead atoms. The first-order valence-corrected chi connectivity index (χ1v) is 11.1. The molecule has 2 heterocycles. The van der Waals surface area contributed by atoms with Gasteiger partial charge in [-0.3, -0.25) is 14.9 Å². The van der Waals surface area contributed by atoms with Gasteiger partial charge in [0.15, 0.2) is 0 Å². The number of hydrogen-bond donors (Lipinski definition) is 1.